The van der Waals surface area contributed by atoms with Crippen LogP contribution < -0.4 is 4.74 Å². The zero-order valence-corrected chi connectivity index (χ0v) is 20.4. The van der Waals surface area contributed by atoms with Crippen LogP contribution in [0.2, 0.25) is 0 Å². The van der Waals surface area contributed by atoms with E-state index < -0.39 is 24.2 Å². The number of hydrogen-bond acceptors (Lipinski definition) is 1. The molecule has 0 fully saturated rings. The normalized spacial score (nSPS) is 15.2. The molecule has 0 unspecified atom stereocenters. The quantitative estimate of drug-likeness (QED) is 0.228. The molecule has 3 heteroatoms. The van der Waals surface area contributed by atoms with Gasteiger partial charge in [0.15, 0.2) is 11.5 Å². The first kappa shape index (κ1) is 14.6. The van der Waals surface area contributed by atoms with E-state index in [2.05, 4.69) is 22.8 Å². The molecule has 0 bridgehead atoms. The summed E-state index contributed by atoms with van der Waals surface area (Å²) >= 11 is 0. The van der Waals surface area contributed by atoms with Gasteiger partial charge in [-0.25, -0.2) is 0 Å². The van der Waals surface area contributed by atoms with Crippen molar-refractivity contribution in [3.8, 4) is 34.0 Å². The molecular formula is C36H22N2O. The van der Waals surface area contributed by atoms with Gasteiger partial charge in [0, 0.05) is 27.2 Å². The van der Waals surface area contributed by atoms with Gasteiger partial charge >= 0.3 is 0 Å². The number of rotatable bonds is 2. The minimum Gasteiger partial charge on any atom is -0.453 e. The summed E-state index contributed by atoms with van der Waals surface area (Å²) in [7, 11) is 0. The Morgan fingerprint density at radius 3 is 2.00 bits per heavy atom. The van der Waals surface area contributed by atoms with E-state index in [0.29, 0.717) is 11.4 Å². The fourth-order valence-corrected chi connectivity index (χ4v) is 5.88. The molecule has 0 aliphatic carbocycles. The molecular weight excluding hydrogens is 476 g/mol. The second-order valence-corrected chi connectivity index (χ2v) is 9.62. The molecule has 6 aromatic carbocycles. The van der Waals surface area contributed by atoms with Crippen LogP contribution in [-0.4, -0.2) is 9.13 Å². The highest BCUT2D eigenvalue weighted by molar-refractivity contribution is 6.12. The van der Waals surface area contributed by atoms with Gasteiger partial charge in [-0.05, 0) is 59.6 Å². The third kappa shape index (κ3) is 2.82. The molecule has 0 saturated carbocycles. The van der Waals surface area contributed by atoms with Gasteiger partial charge in [-0.2, -0.15) is 0 Å². The minimum absolute atomic E-state index is 0.0563. The number of aromatic nitrogens is 2. The maximum Gasteiger partial charge on any atom is 0.152 e. The molecule has 39 heavy (non-hydrogen) atoms. The second-order valence-electron chi connectivity index (χ2n) is 9.62. The monoisotopic (exact) mass is 506 g/mol. The van der Waals surface area contributed by atoms with Gasteiger partial charge in [0.05, 0.1) is 38.7 Å². The minimum atomic E-state index is -0.463. The molecule has 8 aromatic rings. The van der Waals surface area contributed by atoms with Crippen molar-refractivity contribution in [2.75, 3.05) is 0 Å². The standard InChI is InChI=1S/C36H22N2O/c1-4-12-30-26(8-1)27-9-2-5-13-31(27)37(30)25-19-16-23(17-20-25)24-18-21-33-35(22-24)39-34-15-7-11-29-28-10-3-6-14-32(28)38(33)36(29)34/h1-22H/i1D,2D,4D,5D,8D,9D,12D,13D. The number of fused-ring (bicyclic) bond motifs is 8. The molecule has 182 valence electrons. The van der Waals surface area contributed by atoms with Gasteiger partial charge < -0.3 is 13.9 Å². The Kier molecular flexibility index (Phi) is 2.85. The summed E-state index contributed by atoms with van der Waals surface area (Å²) in [6, 6.07) is 24.6. The third-order valence-electron chi connectivity index (χ3n) is 7.57. The largest absolute Gasteiger partial charge is 0.453 e. The highest BCUT2D eigenvalue weighted by atomic mass is 16.5. The molecule has 0 atom stereocenters. The van der Waals surface area contributed by atoms with Crippen LogP contribution in [-0.2, 0) is 0 Å². The SMILES string of the molecule is [2H]c1c([2H])c([2H])c2c(c1[2H])c1c([2H])c([2H])c([2H])c([2H])c1n2-c1ccc(-c2ccc3c(c2)Oc2cccc4c5ccccc5n-3c24)cc1. The van der Waals surface area contributed by atoms with Crippen molar-refractivity contribution in [1.82, 2.24) is 9.13 Å². The van der Waals surface area contributed by atoms with Crippen LogP contribution in [0, 0.1) is 0 Å². The maximum atomic E-state index is 8.75. The van der Waals surface area contributed by atoms with Crippen molar-refractivity contribution in [3.05, 3.63) is 133 Å². The Hall–Kier alpha value is -5.28. The first-order valence-corrected chi connectivity index (χ1v) is 12.6. The van der Waals surface area contributed by atoms with Gasteiger partial charge in [0.2, 0.25) is 0 Å². The van der Waals surface area contributed by atoms with E-state index in [1.807, 2.05) is 54.6 Å². The Morgan fingerprint density at radius 1 is 0.513 bits per heavy atom. The van der Waals surface area contributed by atoms with Crippen LogP contribution in [0.4, 0.5) is 0 Å². The molecule has 0 radical (unpaired) electrons. The van der Waals surface area contributed by atoms with E-state index in [1.54, 1.807) is 12.1 Å². The van der Waals surface area contributed by atoms with E-state index in [0.717, 1.165) is 44.4 Å². The summed E-state index contributed by atoms with van der Waals surface area (Å²) in [5.41, 5.74) is 5.50. The molecule has 0 spiro atoms. The summed E-state index contributed by atoms with van der Waals surface area (Å²) in [5, 5.41) is 2.39. The van der Waals surface area contributed by atoms with Crippen LogP contribution >= 0.6 is 0 Å². The predicted molar refractivity (Wildman–Crippen MR) is 161 cm³/mol. The van der Waals surface area contributed by atoms with E-state index in [1.165, 1.54) is 4.57 Å². The summed E-state index contributed by atoms with van der Waals surface area (Å²) in [6.07, 6.45) is 0. The molecule has 9 rings (SSSR count). The molecule has 0 amide bonds. The molecule has 3 heterocycles. The Bertz CT molecular complexity index is 2620. The van der Waals surface area contributed by atoms with Gasteiger partial charge in [0.25, 0.3) is 0 Å². The molecule has 1 aliphatic rings. The van der Waals surface area contributed by atoms with Crippen molar-refractivity contribution in [2.45, 2.75) is 0 Å². The third-order valence-corrected chi connectivity index (χ3v) is 7.57. The average molecular weight is 507 g/mol. The summed E-state index contributed by atoms with van der Waals surface area (Å²) in [4.78, 5) is 0. The Balaban J connectivity index is 1.22. The Labute approximate surface area is 236 Å². The summed E-state index contributed by atoms with van der Waals surface area (Å²) in [6.45, 7) is 0. The van der Waals surface area contributed by atoms with Crippen LogP contribution in [0.25, 0.3) is 66.1 Å². The summed E-state index contributed by atoms with van der Waals surface area (Å²) in [5.74, 6) is 1.49. The van der Waals surface area contributed by atoms with Crippen LogP contribution in [0.1, 0.15) is 11.0 Å². The highest BCUT2D eigenvalue weighted by Crippen LogP contribution is 2.46. The number of nitrogens with zero attached hydrogens (tertiary/aromatic N) is 2. The van der Waals surface area contributed by atoms with Crippen molar-refractivity contribution >= 4 is 43.6 Å². The first-order valence-electron chi connectivity index (χ1n) is 16.6. The fraction of sp³-hybridized carbons (Fsp3) is 0. The Morgan fingerprint density at radius 2 is 1.21 bits per heavy atom. The smallest absolute Gasteiger partial charge is 0.152 e. The molecule has 2 aromatic heterocycles. The van der Waals surface area contributed by atoms with Crippen molar-refractivity contribution in [1.29, 1.82) is 0 Å². The molecule has 3 nitrogen and oxygen atoms in total. The van der Waals surface area contributed by atoms with Gasteiger partial charge in [-0.15, -0.1) is 0 Å². The number of benzene rings is 6. The van der Waals surface area contributed by atoms with Crippen LogP contribution in [0.15, 0.2) is 133 Å². The molecule has 1 aliphatic heterocycles. The van der Waals surface area contributed by atoms with Crippen molar-refractivity contribution < 1.29 is 15.7 Å². The van der Waals surface area contributed by atoms with Crippen LogP contribution in [0.5, 0.6) is 11.5 Å². The summed E-state index contributed by atoms with van der Waals surface area (Å²) < 4.78 is 78.2. The number of para-hydroxylation sites is 4. The van der Waals surface area contributed by atoms with Crippen molar-refractivity contribution in [2.24, 2.45) is 0 Å². The molecule has 0 N–H and O–H groups in total. The van der Waals surface area contributed by atoms with Gasteiger partial charge in [0.1, 0.15) is 0 Å². The predicted octanol–water partition coefficient (Wildman–Crippen LogP) is 9.65. The maximum absolute atomic E-state index is 8.75. The number of hydrogen-bond donors (Lipinski definition) is 0. The van der Waals surface area contributed by atoms with Crippen molar-refractivity contribution in [3.63, 3.8) is 0 Å². The lowest BCUT2D eigenvalue weighted by Crippen LogP contribution is -2.04. The van der Waals surface area contributed by atoms with E-state index in [-0.39, 0.29) is 46.0 Å². The number of ether oxygens (including phenoxy) is 1. The topological polar surface area (TPSA) is 19.1 Å². The van der Waals surface area contributed by atoms with E-state index in [4.69, 9.17) is 15.7 Å². The first-order chi connectivity index (χ1) is 22.7. The fourth-order valence-electron chi connectivity index (χ4n) is 5.88. The van der Waals surface area contributed by atoms with Gasteiger partial charge in [-0.3, -0.25) is 0 Å². The lowest BCUT2D eigenvalue weighted by molar-refractivity contribution is 0.476. The lowest BCUT2D eigenvalue weighted by Gasteiger charge is -2.21. The lowest BCUT2D eigenvalue weighted by atomic mass is 10.0. The van der Waals surface area contributed by atoms with Gasteiger partial charge in [-0.1, -0.05) is 84.8 Å². The van der Waals surface area contributed by atoms with Crippen LogP contribution in [0.3, 0.4) is 0 Å². The second kappa shape index (κ2) is 7.62. The molecule has 0 saturated heterocycles. The zero-order valence-electron chi connectivity index (χ0n) is 28.4. The highest BCUT2D eigenvalue weighted by Gasteiger charge is 2.23. The van der Waals surface area contributed by atoms with E-state index in [9.17, 15) is 0 Å². The average Bonchev–Trinajstić information content (AvgIpc) is 3.63. The van der Waals surface area contributed by atoms with E-state index >= 15 is 0 Å². The zero-order chi connectivity index (χ0) is 32.5.